The summed E-state index contributed by atoms with van der Waals surface area (Å²) in [5.41, 5.74) is 5.99. The second-order valence-electron chi connectivity index (χ2n) is 4.79. The van der Waals surface area contributed by atoms with Crippen LogP contribution in [-0.4, -0.2) is 33.6 Å². The van der Waals surface area contributed by atoms with Crippen molar-refractivity contribution in [2.75, 3.05) is 12.3 Å². The van der Waals surface area contributed by atoms with Crippen molar-refractivity contribution in [1.82, 2.24) is 15.1 Å². The highest BCUT2D eigenvalue weighted by Gasteiger charge is 2.33. The maximum absolute atomic E-state index is 12.2. The van der Waals surface area contributed by atoms with E-state index < -0.39 is 0 Å². The van der Waals surface area contributed by atoms with E-state index in [4.69, 9.17) is 5.73 Å². The Labute approximate surface area is 95.0 Å². The summed E-state index contributed by atoms with van der Waals surface area (Å²) >= 11 is 0. The summed E-state index contributed by atoms with van der Waals surface area (Å²) in [7, 11) is 0. The zero-order valence-electron chi connectivity index (χ0n) is 9.73. The molecule has 5 nitrogen and oxygen atoms in total. The molecule has 0 atom stereocenters. The SMILES string of the molecule is CC(C)CN(C(=O)c1cc(N)n[nH]1)C1CC1. The first kappa shape index (κ1) is 11.0. The zero-order valence-corrected chi connectivity index (χ0v) is 9.73. The molecule has 1 amide bonds. The Hall–Kier alpha value is -1.52. The second-order valence-corrected chi connectivity index (χ2v) is 4.79. The van der Waals surface area contributed by atoms with Gasteiger partial charge in [0.25, 0.3) is 5.91 Å². The van der Waals surface area contributed by atoms with Gasteiger partial charge in [0.05, 0.1) is 0 Å². The molecule has 3 N–H and O–H groups in total. The summed E-state index contributed by atoms with van der Waals surface area (Å²) in [6.07, 6.45) is 2.23. The molecule has 16 heavy (non-hydrogen) atoms. The zero-order chi connectivity index (χ0) is 11.7. The molecule has 1 aliphatic carbocycles. The van der Waals surface area contributed by atoms with Crippen molar-refractivity contribution in [3.8, 4) is 0 Å². The molecule has 0 spiro atoms. The fraction of sp³-hybridized carbons (Fsp3) is 0.636. The van der Waals surface area contributed by atoms with Crippen molar-refractivity contribution in [2.45, 2.75) is 32.7 Å². The molecule has 0 saturated heterocycles. The summed E-state index contributed by atoms with van der Waals surface area (Å²) in [4.78, 5) is 14.1. The molecule has 1 heterocycles. The number of aromatic amines is 1. The van der Waals surface area contributed by atoms with Gasteiger partial charge in [0.1, 0.15) is 11.5 Å². The van der Waals surface area contributed by atoms with Crippen LogP contribution in [0.25, 0.3) is 0 Å². The Kier molecular flexibility index (Phi) is 2.85. The number of amides is 1. The van der Waals surface area contributed by atoms with Gasteiger partial charge in [0.15, 0.2) is 0 Å². The number of anilines is 1. The van der Waals surface area contributed by atoms with E-state index in [2.05, 4.69) is 24.0 Å². The Bertz CT molecular complexity index is 381. The van der Waals surface area contributed by atoms with E-state index in [0.717, 1.165) is 19.4 Å². The van der Waals surface area contributed by atoms with Crippen molar-refractivity contribution < 1.29 is 4.79 Å². The molecular formula is C11H18N4O. The average Bonchev–Trinajstić information content (AvgIpc) is 2.96. The van der Waals surface area contributed by atoms with E-state index in [0.29, 0.717) is 23.5 Å². The first-order chi connectivity index (χ1) is 7.58. The Morgan fingerprint density at radius 2 is 2.38 bits per heavy atom. The average molecular weight is 222 g/mol. The summed E-state index contributed by atoms with van der Waals surface area (Å²) in [6, 6.07) is 2.01. The number of carbonyl (C=O) groups is 1. The van der Waals surface area contributed by atoms with Crippen LogP contribution < -0.4 is 5.73 Å². The predicted octanol–water partition coefficient (Wildman–Crippen LogP) is 1.25. The van der Waals surface area contributed by atoms with E-state index >= 15 is 0 Å². The molecule has 1 fully saturated rings. The first-order valence-electron chi connectivity index (χ1n) is 5.69. The van der Waals surface area contributed by atoms with Gasteiger partial charge in [0.2, 0.25) is 0 Å². The molecule has 5 heteroatoms. The standard InChI is InChI=1S/C11H18N4O/c1-7(2)6-15(8-3-4-8)11(16)9-5-10(12)14-13-9/h5,7-8H,3-4,6H2,1-2H3,(H3,12,13,14). The van der Waals surface area contributed by atoms with Gasteiger partial charge >= 0.3 is 0 Å². The summed E-state index contributed by atoms with van der Waals surface area (Å²) in [5, 5.41) is 6.46. The quantitative estimate of drug-likeness (QED) is 0.805. The minimum atomic E-state index is 0.0143. The molecule has 0 bridgehead atoms. The number of hydrogen-bond acceptors (Lipinski definition) is 3. The van der Waals surface area contributed by atoms with Crippen molar-refractivity contribution in [2.24, 2.45) is 5.92 Å². The molecule has 2 rings (SSSR count). The number of hydrogen-bond donors (Lipinski definition) is 2. The van der Waals surface area contributed by atoms with Crippen LogP contribution in [0.15, 0.2) is 6.07 Å². The van der Waals surface area contributed by atoms with Crippen LogP contribution in [0.5, 0.6) is 0 Å². The number of H-pyrrole nitrogens is 1. The molecule has 1 aliphatic rings. The van der Waals surface area contributed by atoms with Crippen LogP contribution in [0, 0.1) is 5.92 Å². The molecule has 1 aromatic heterocycles. The molecule has 1 aromatic rings. The van der Waals surface area contributed by atoms with Crippen LogP contribution in [-0.2, 0) is 0 Å². The number of nitrogens with zero attached hydrogens (tertiary/aromatic N) is 2. The van der Waals surface area contributed by atoms with E-state index in [9.17, 15) is 4.79 Å². The van der Waals surface area contributed by atoms with Crippen LogP contribution >= 0.6 is 0 Å². The van der Waals surface area contributed by atoms with E-state index in [1.165, 1.54) is 0 Å². The molecule has 1 saturated carbocycles. The number of nitrogens with two attached hydrogens (primary N) is 1. The maximum Gasteiger partial charge on any atom is 0.272 e. The predicted molar refractivity (Wildman–Crippen MR) is 61.9 cm³/mol. The summed E-state index contributed by atoms with van der Waals surface area (Å²) < 4.78 is 0. The van der Waals surface area contributed by atoms with E-state index in [1.807, 2.05) is 4.90 Å². The largest absolute Gasteiger partial charge is 0.382 e. The summed E-state index contributed by atoms with van der Waals surface area (Å²) in [6.45, 7) is 5.02. The third-order valence-corrected chi connectivity index (χ3v) is 2.64. The van der Waals surface area contributed by atoms with Gasteiger partial charge in [-0.05, 0) is 18.8 Å². The van der Waals surface area contributed by atoms with Crippen LogP contribution in [0.4, 0.5) is 5.82 Å². The highest BCUT2D eigenvalue weighted by Crippen LogP contribution is 2.28. The Morgan fingerprint density at radius 3 is 2.81 bits per heavy atom. The van der Waals surface area contributed by atoms with Gasteiger partial charge in [0, 0.05) is 18.7 Å². The minimum absolute atomic E-state index is 0.0143. The van der Waals surface area contributed by atoms with Crippen LogP contribution in [0.3, 0.4) is 0 Å². The first-order valence-corrected chi connectivity index (χ1v) is 5.69. The summed E-state index contributed by atoms with van der Waals surface area (Å²) in [5.74, 6) is 0.855. The molecule has 0 unspecified atom stereocenters. The van der Waals surface area contributed by atoms with Crippen molar-refractivity contribution in [3.63, 3.8) is 0 Å². The topological polar surface area (TPSA) is 75.0 Å². The number of nitrogen functional groups attached to an aromatic ring is 1. The van der Waals surface area contributed by atoms with Gasteiger partial charge in [-0.25, -0.2) is 0 Å². The molecule has 88 valence electrons. The van der Waals surface area contributed by atoms with Gasteiger partial charge in [-0.3, -0.25) is 9.89 Å². The number of carbonyl (C=O) groups excluding carboxylic acids is 1. The van der Waals surface area contributed by atoms with E-state index in [-0.39, 0.29) is 5.91 Å². The minimum Gasteiger partial charge on any atom is -0.382 e. The maximum atomic E-state index is 12.2. The molecule has 0 aromatic carbocycles. The molecule has 0 aliphatic heterocycles. The molecule has 0 radical (unpaired) electrons. The third-order valence-electron chi connectivity index (χ3n) is 2.64. The fourth-order valence-electron chi connectivity index (χ4n) is 1.78. The lowest BCUT2D eigenvalue weighted by Gasteiger charge is -2.23. The number of aromatic nitrogens is 2. The third kappa shape index (κ3) is 2.35. The van der Waals surface area contributed by atoms with Crippen molar-refractivity contribution >= 4 is 11.7 Å². The highest BCUT2D eigenvalue weighted by molar-refractivity contribution is 5.93. The lowest BCUT2D eigenvalue weighted by Crippen LogP contribution is -2.36. The monoisotopic (exact) mass is 222 g/mol. The molecular weight excluding hydrogens is 204 g/mol. The number of rotatable bonds is 4. The lowest BCUT2D eigenvalue weighted by atomic mass is 10.2. The second kappa shape index (κ2) is 4.15. The fourth-order valence-corrected chi connectivity index (χ4v) is 1.78. The van der Waals surface area contributed by atoms with Gasteiger partial charge < -0.3 is 10.6 Å². The Balaban J connectivity index is 2.10. The smallest absolute Gasteiger partial charge is 0.272 e. The normalized spacial score (nSPS) is 15.4. The van der Waals surface area contributed by atoms with E-state index in [1.54, 1.807) is 6.07 Å². The van der Waals surface area contributed by atoms with Crippen molar-refractivity contribution in [1.29, 1.82) is 0 Å². The Morgan fingerprint density at radius 1 is 1.69 bits per heavy atom. The van der Waals surface area contributed by atoms with Gasteiger partial charge in [-0.2, -0.15) is 5.10 Å². The van der Waals surface area contributed by atoms with Gasteiger partial charge in [-0.1, -0.05) is 13.8 Å². The number of nitrogens with one attached hydrogen (secondary N) is 1. The van der Waals surface area contributed by atoms with Gasteiger partial charge in [-0.15, -0.1) is 0 Å². The van der Waals surface area contributed by atoms with Crippen molar-refractivity contribution in [3.05, 3.63) is 11.8 Å². The highest BCUT2D eigenvalue weighted by atomic mass is 16.2. The van der Waals surface area contributed by atoms with Crippen LogP contribution in [0.1, 0.15) is 37.2 Å². The lowest BCUT2D eigenvalue weighted by molar-refractivity contribution is 0.0716. The van der Waals surface area contributed by atoms with Crippen LogP contribution in [0.2, 0.25) is 0 Å².